The van der Waals surface area contributed by atoms with Crippen LogP contribution in [-0.2, 0) is 16.0 Å². The smallest absolute Gasteiger partial charge is 0.412 e. The van der Waals surface area contributed by atoms with Gasteiger partial charge in [0.25, 0.3) is 0 Å². The molecule has 0 aliphatic heterocycles. The van der Waals surface area contributed by atoms with Gasteiger partial charge in [0.05, 0.1) is 6.61 Å². The molecule has 6 heteroatoms. The van der Waals surface area contributed by atoms with E-state index < -0.39 is 5.72 Å². The van der Waals surface area contributed by atoms with Gasteiger partial charge in [0.15, 0.2) is 5.72 Å². The van der Waals surface area contributed by atoms with Crippen LogP contribution in [0.1, 0.15) is 44.2 Å². The summed E-state index contributed by atoms with van der Waals surface area (Å²) >= 11 is 0. The normalized spacial score (nSPS) is 14.1. The molecule has 2 aromatic carbocycles. The molecule has 1 aliphatic carbocycles. The van der Waals surface area contributed by atoms with Crippen molar-refractivity contribution in [2.24, 2.45) is 5.73 Å². The summed E-state index contributed by atoms with van der Waals surface area (Å²) in [6.07, 6.45) is 2.44. The second-order valence-electron chi connectivity index (χ2n) is 8.23. The highest BCUT2D eigenvalue weighted by molar-refractivity contribution is 5.92. The number of fused-ring (bicyclic) bond motifs is 1. The van der Waals surface area contributed by atoms with E-state index in [0.717, 1.165) is 46.9 Å². The number of nitrogens with two attached hydrogens (primary N) is 1. The molecule has 2 N–H and O–H groups in total. The monoisotopic (exact) mass is 400 g/mol. The molecular formula is C23H32N2O4. The van der Waals surface area contributed by atoms with Crippen molar-refractivity contribution in [1.29, 1.82) is 0 Å². The number of hydrogen-bond donors (Lipinski definition) is 1. The fraction of sp³-hybridized carbons (Fsp3) is 0.522. The molecule has 1 saturated carbocycles. The van der Waals surface area contributed by atoms with E-state index in [2.05, 4.69) is 25.1 Å². The van der Waals surface area contributed by atoms with Crippen LogP contribution in [0.25, 0.3) is 10.8 Å². The Balaban J connectivity index is 1.89. The van der Waals surface area contributed by atoms with Crippen LogP contribution in [0.15, 0.2) is 30.3 Å². The first-order valence-electron chi connectivity index (χ1n) is 10.2. The molecule has 6 nitrogen and oxygen atoms in total. The van der Waals surface area contributed by atoms with Crippen molar-refractivity contribution in [2.75, 3.05) is 20.3 Å². The lowest BCUT2D eigenvalue weighted by Gasteiger charge is -2.28. The summed E-state index contributed by atoms with van der Waals surface area (Å²) in [4.78, 5) is 14.5. The van der Waals surface area contributed by atoms with Crippen LogP contribution in [0.4, 0.5) is 4.79 Å². The van der Waals surface area contributed by atoms with Crippen LogP contribution in [0.2, 0.25) is 0 Å². The predicted molar refractivity (Wildman–Crippen MR) is 114 cm³/mol. The molecule has 0 aromatic heterocycles. The molecule has 1 amide bonds. The lowest BCUT2D eigenvalue weighted by atomic mass is 9.98. The third-order valence-electron chi connectivity index (χ3n) is 5.05. The van der Waals surface area contributed by atoms with Gasteiger partial charge in [-0.2, -0.15) is 0 Å². The average molecular weight is 401 g/mol. The Morgan fingerprint density at radius 3 is 2.52 bits per heavy atom. The number of nitrogens with zero attached hydrogens (tertiary/aromatic N) is 1. The molecule has 0 radical (unpaired) electrons. The summed E-state index contributed by atoms with van der Waals surface area (Å²) in [6.45, 7) is 7.18. The number of carbonyl (C=O) groups excluding carboxylic acids is 1. The lowest BCUT2D eigenvalue weighted by Crippen LogP contribution is -2.43. The summed E-state index contributed by atoms with van der Waals surface area (Å²) in [5.41, 5.74) is 7.10. The zero-order valence-corrected chi connectivity index (χ0v) is 17.9. The molecule has 1 fully saturated rings. The van der Waals surface area contributed by atoms with Gasteiger partial charge in [0, 0.05) is 38.1 Å². The van der Waals surface area contributed by atoms with Gasteiger partial charge < -0.3 is 19.1 Å². The molecule has 0 atom stereocenters. The highest BCUT2D eigenvalue weighted by atomic mass is 16.6. The van der Waals surface area contributed by atoms with Crippen LogP contribution >= 0.6 is 0 Å². The zero-order valence-electron chi connectivity index (χ0n) is 17.9. The Hall–Kier alpha value is -2.31. The minimum atomic E-state index is -1.00. The van der Waals surface area contributed by atoms with E-state index in [0.29, 0.717) is 19.8 Å². The summed E-state index contributed by atoms with van der Waals surface area (Å²) < 4.78 is 16.6. The molecule has 0 unspecified atom stereocenters. The standard InChI is InChI=1S/C23H32N2O4/c1-16-17(15-25(18-10-11-18)22(26)29-23(2,3)24)14-21(28-13-7-12-27-4)20-9-6-5-8-19(16)20/h5-6,8-9,14,18H,7,10-13,15,24H2,1-4H3. The van der Waals surface area contributed by atoms with E-state index in [1.54, 1.807) is 25.9 Å². The molecule has 2 aromatic rings. The largest absolute Gasteiger partial charge is 0.493 e. The number of aryl methyl sites for hydroxylation is 1. The van der Waals surface area contributed by atoms with Crippen LogP contribution in [0, 0.1) is 6.92 Å². The topological polar surface area (TPSA) is 74.0 Å². The Bertz CT molecular complexity index is 856. The summed E-state index contributed by atoms with van der Waals surface area (Å²) in [6, 6.07) is 10.5. The number of hydrogen-bond acceptors (Lipinski definition) is 5. The van der Waals surface area contributed by atoms with Crippen LogP contribution in [-0.4, -0.2) is 43.1 Å². The SMILES string of the molecule is COCCCOc1cc(CN(C(=O)OC(C)(C)N)C2CC2)c(C)c2ccccc12. The third kappa shape index (κ3) is 5.61. The van der Waals surface area contributed by atoms with Crippen molar-refractivity contribution in [2.45, 2.75) is 58.3 Å². The number of ether oxygens (including phenoxy) is 3. The van der Waals surface area contributed by atoms with E-state index in [4.69, 9.17) is 19.9 Å². The minimum absolute atomic E-state index is 0.210. The maximum Gasteiger partial charge on any atom is 0.412 e. The van der Waals surface area contributed by atoms with Crippen molar-refractivity contribution in [3.63, 3.8) is 0 Å². The first-order chi connectivity index (χ1) is 13.8. The van der Waals surface area contributed by atoms with Gasteiger partial charge in [0.1, 0.15) is 5.75 Å². The number of methoxy groups -OCH3 is 1. The predicted octanol–water partition coefficient (Wildman–Crippen LogP) is 4.36. The van der Waals surface area contributed by atoms with E-state index in [1.165, 1.54) is 0 Å². The van der Waals surface area contributed by atoms with Gasteiger partial charge in [-0.25, -0.2) is 4.79 Å². The maximum absolute atomic E-state index is 12.7. The van der Waals surface area contributed by atoms with Crippen molar-refractivity contribution in [1.82, 2.24) is 4.90 Å². The first-order valence-corrected chi connectivity index (χ1v) is 10.2. The number of benzene rings is 2. The van der Waals surface area contributed by atoms with Crippen molar-refractivity contribution >= 4 is 16.9 Å². The van der Waals surface area contributed by atoms with Crippen LogP contribution < -0.4 is 10.5 Å². The number of rotatable bonds is 9. The number of amides is 1. The fourth-order valence-corrected chi connectivity index (χ4v) is 3.41. The number of carbonyl (C=O) groups is 1. The highest BCUT2D eigenvalue weighted by Gasteiger charge is 2.35. The molecule has 29 heavy (non-hydrogen) atoms. The van der Waals surface area contributed by atoms with Gasteiger partial charge in [-0.05, 0) is 56.2 Å². The lowest BCUT2D eigenvalue weighted by molar-refractivity contribution is 0.0144. The Morgan fingerprint density at radius 1 is 1.21 bits per heavy atom. The van der Waals surface area contributed by atoms with Gasteiger partial charge >= 0.3 is 6.09 Å². The van der Waals surface area contributed by atoms with Gasteiger partial charge in [-0.3, -0.25) is 5.73 Å². The van der Waals surface area contributed by atoms with Gasteiger partial charge in [-0.15, -0.1) is 0 Å². The van der Waals surface area contributed by atoms with Crippen LogP contribution in [0.3, 0.4) is 0 Å². The second kappa shape index (κ2) is 9.01. The average Bonchev–Trinajstić information content (AvgIpc) is 3.49. The molecule has 158 valence electrons. The molecule has 0 bridgehead atoms. The second-order valence-corrected chi connectivity index (χ2v) is 8.23. The van der Waals surface area contributed by atoms with Crippen molar-refractivity contribution in [3.8, 4) is 5.75 Å². The molecule has 0 saturated heterocycles. The fourth-order valence-electron chi connectivity index (χ4n) is 3.41. The third-order valence-corrected chi connectivity index (χ3v) is 5.05. The summed E-state index contributed by atoms with van der Waals surface area (Å²) in [5.74, 6) is 0.834. The Labute approximate surface area is 172 Å². The Kier molecular flexibility index (Phi) is 6.65. The van der Waals surface area contributed by atoms with Crippen molar-refractivity contribution in [3.05, 3.63) is 41.5 Å². The van der Waals surface area contributed by atoms with E-state index in [1.807, 2.05) is 12.1 Å². The summed E-state index contributed by atoms with van der Waals surface area (Å²) in [5, 5.41) is 2.21. The van der Waals surface area contributed by atoms with Gasteiger partial charge in [0.2, 0.25) is 0 Å². The first kappa shape index (κ1) is 21.4. The van der Waals surface area contributed by atoms with Gasteiger partial charge in [-0.1, -0.05) is 24.3 Å². The molecule has 0 heterocycles. The van der Waals surface area contributed by atoms with Crippen molar-refractivity contribution < 1.29 is 19.0 Å². The minimum Gasteiger partial charge on any atom is -0.493 e. The Morgan fingerprint density at radius 2 is 1.90 bits per heavy atom. The highest BCUT2D eigenvalue weighted by Crippen LogP contribution is 2.35. The molecule has 0 spiro atoms. The maximum atomic E-state index is 12.7. The molecule has 1 aliphatic rings. The van der Waals surface area contributed by atoms with E-state index in [9.17, 15) is 4.79 Å². The zero-order chi connectivity index (χ0) is 21.0. The van der Waals surface area contributed by atoms with Crippen LogP contribution in [0.5, 0.6) is 5.75 Å². The molecular weight excluding hydrogens is 368 g/mol. The summed E-state index contributed by atoms with van der Waals surface area (Å²) in [7, 11) is 1.69. The molecule has 3 rings (SSSR count). The van der Waals surface area contributed by atoms with E-state index >= 15 is 0 Å². The quantitative estimate of drug-likeness (QED) is 0.500. The van der Waals surface area contributed by atoms with E-state index in [-0.39, 0.29) is 12.1 Å².